The summed E-state index contributed by atoms with van der Waals surface area (Å²) in [4.78, 5) is 4.75. The quantitative estimate of drug-likeness (QED) is 0.312. The van der Waals surface area contributed by atoms with Crippen molar-refractivity contribution in [1.82, 2.24) is 4.98 Å². The van der Waals surface area contributed by atoms with Crippen molar-refractivity contribution in [3.05, 3.63) is 82.0 Å². The van der Waals surface area contributed by atoms with Crippen molar-refractivity contribution in [3.8, 4) is 28.0 Å². The lowest BCUT2D eigenvalue weighted by Crippen LogP contribution is -2.10. The molecule has 0 spiro atoms. The molecule has 158 valence electrons. The second kappa shape index (κ2) is 8.18. The Morgan fingerprint density at radius 1 is 0.806 bits per heavy atom. The van der Waals surface area contributed by atoms with Crippen LogP contribution in [0.2, 0.25) is 10.0 Å². The number of methoxy groups -OCH3 is 1. The summed E-state index contributed by atoms with van der Waals surface area (Å²) in [6, 6.07) is 20.9. The molecule has 0 aliphatic carbocycles. The van der Waals surface area contributed by atoms with Crippen molar-refractivity contribution >= 4 is 34.1 Å². The van der Waals surface area contributed by atoms with E-state index < -0.39 is 0 Å². The second-order valence-electron chi connectivity index (χ2n) is 8.79. The highest BCUT2D eigenvalue weighted by atomic mass is 35.5. The van der Waals surface area contributed by atoms with Gasteiger partial charge in [-0.05, 0) is 40.7 Å². The molecule has 0 amide bonds. The Kier molecular flexibility index (Phi) is 5.72. The fraction of sp³-hybridized carbons (Fsp3) is 0.222. The zero-order valence-electron chi connectivity index (χ0n) is 18.4. The Bertz CT molecular complexity index is 1250. The minimum atomic E-state index is 0.145. The predicted octanol–water partition coefficient (Wildman–Crippen LogP) is 8.49. The van der Waals surface area contributed by atoms with Crippen molar-refractivity contribution in [2.45, 2.75) is 33.1 Å². The molecule has 0 aliphatic heterocycles. The van der Waals surface area contributed by atoms with Gasteiger partial charge in [0.2, 0.25) is 0 Å². The van der Waals surface area contributed by atoms with Gasteiger partial charge >= 0.3 is 0 Å². The lowest BCUT2D eigenvalue weighted by molar-refractivity contribution is 0.415. The standard InChI is InChI=1S/C27H25Cl2NO/c1-16-25(26(29)21-14-22(28)24(31-5)15-23(21)30-16)19-8-6-17(7-9-19)18-10-12-20(13-11-18)27(2,3)4/h6-15H,1-5H3. The summed E-state index contributed by atoms with van der Waals surface area (Å²) in [7, 11) is 1.59. The summed E-state index contributed by atoms with van der Waals surface area (Å²) in [5.41, 5.74) is 7.41. The number of aryl methyl sites for hydroxylation is 1. The minimum absolute atomic E-state index is 0.145. The van der Waals surface area contributed by atoms with Gasteiger partial charge in [-0.1, -0.05) is 92.5 Å². The molecule has 0 radical (unpaired) electrons. The molecule has 4 rings (SSSR count). The van der Waals surface area contributed by atoms with Crippen LogP contribution in [0, 0.1) is 6.92 Å². The Balaban J connectivity index is 1.74. The average molecular weight is 450 g/mol. The van der Waals surface area contributed by atoms with E-state index in [2.05, 4.69) is 69.3 Å². The van der Waals surface area contributed by atoms with Crippen LogP contribution in [0.1, 0.15) is 32.0 Å². The molecule has 0 fully saturated rings. The van der Waals surface area contributed by atoms with Gasteiger partial charge in [0.1, 0.15) is 5.75 Å². The van der Waals surface area contributed by atoms with Gasteiger partial charge in [0.25, 0.3) is 0 Å². The summed E-state index contributed by atoms with van der Waals surface area (Å²) in [6.45, 7) is 8.65. The van der Waals surface area contributed by atoms with Gasteiger partial charge in [-0.3, -0.25) is 4.98 Å². The predicted molar refractivity (Wildman–Crippen MR) is 133 cm³/mol. The number of hydrogen-bond acceptors (Lipinski definition) is 2. The molecule has 0 aliphatic rings. The number of aromatic nitrogens is 1. The number of ether oxygens (including phenoxy) is 1. The molecule has 0 saturated heterocycles. The van der Waals surface area contributed by atoms with Crippen LogP contribution < -0.4 is 4.74 Å². The Morgan fingerprint density at radius 2 is 1.35 bits per heavy atom. The number of halogens is 2. The van der Waals surface area contributed by atoms with Crippen LogP contribution in [-0.2, 0) is 5.41 Å². The fourth-order valence-electron chi connectivity index (χ4n) is 3.83. The first-order valence-corrected chi connectivity index (χ1v) is 11.0. The van der Waals surface area contributed by atoms with Crippen LogP contribution >= 0.6 is 23.2 Å². The second-order valence-corrected chi connectivity index (χ2v) is 9.58. The van der Waals surface area contributed by atoms with Gasteiger partial charge in [-0.15, -0.1) is 0 Å². The van der Waals surface area contributed by atoms with E-state index in [1.54, 1.807) is 7.11 Å². The number of nitrogens with zero attached hydrogens (tertiary/aromatic N) is 1. The highest BCUT2D eigenvalue weighted by Crippen LogP contribution is 2.39. The molecule has 2 nitrogen and oxygen atoms in total. The topological polar surface area (TPSA) is 22.1 Å². The molecule has 3 aromatic carbocycles. The van der Waals surface area contributed by atoms with Gasteiger partial charge in [0.15, 0.2) is 0 Å². The summed E-state index contributed by atoms with van der Waals surface area (Å²) in [6.07, 6.45) is 0. The summed E-state index contributed by atoms with van der Waals surface area (Å²) in [5.74, 6) is 0.590. The van der Waals surface area contributed by atoms with Gasteiger partial charge in [-0.2, -0.15) is 0 Å². The third-order valence-corrected chi connectivity index (χ3v) is 6.32. The van der Waals surface area contributed by atoms with E-state index in [-0.39, 0.29) is 5.41 Å². The number of benzene rings is 3. The molecular weight excluding hydrogens is 425 g/mol. The monoisotopic (exact) mass is 449 g/mol. The molecule has 0 atom stereocenters. The van der Waals surface area contributed by atoms with Crippen LogP contribution in [0.15, 0.2) is 60.7 Å². The van der Waals surface area contributed by atoms with Crippen LogP contribution in [-0.4, -0.2) is 12.1 Å². The molecule has 4 heteroatoms. The molecule has 0 unspecified atom stereocenters. The highest BCUT2D eigenvalue weighted by molar-refractivity contribution is 6.39. The van der Waals surface area contributed by atoms with E-state index in [0.29, 0.717) is 15.8 Å². The number of fused-ring (bicyclic) bond motifs is 1. The van der Waals surface area contributed by atoms with Gasteiger partial charge in [-0.25, -0.2) is 0 Å². The average Bonchev–Trinajstić information content (AvgIpc) is 2.74. The normalized spacial score (nSPS) is 11.7. The van der Waals surface area contributed by atoms with Gasteiger partial charge in [0.05, 0.1) is 22.7 Å². The lowest BCUT2D eigenvalue weighted by Gasteiger charge is -2.19. The Labute approximate surface area is 193 Å². The van der Waals surface area contributed by atoms with Crippen molar-refractivity contribution < 1.29 is 4.74 Å². The Hall–Kier alpha value is -2.55. The van der Waals surface area contributed by atoms with Crippen molar-refractivity contribution in [2.75, 3.05) is 7.11 Å². The zero-order chi connectivity index (χ0) is 22.3. The summed E-state index contributed by atoms with van der Waals surface area (Å²) < 4.78 is 5.31. The zero-order valence-corrected chi connectivity index (χ0v) is 19.9. The Morgan fingerprint density at radius 3 is 1.90 bits per heavy atom. The molecule has 4 aromatic rings. The van der Waals surface area contributed by atoms with Gasteiger partial charge in [0, 0.05) is 22.7 Å². The highest BCUT2D eigenvalue weighted by Gasteiger charge is 2.16. The molecule has 0 bridgehead atoms. The molecule has 0 saturated carbocycles. The van der Waals surface area contributed by atoms with E-state index in [9.17, 15) is 0 Å². The maximum absolute atomic E-state index is 6.83. The third-order valence-electron chi connectivity index (χ3n) is 5.63. The van der Waals surface area contributed by atoms with Crippen LogP contribution in [0.5, 0.6) is 5.75 Å². The van der Waals surface area contributed by atoms with E-state index in [0.717, 1.165) is 27.7 Å². The van der Waals surface area contributed by atoms with Crippen molar-refractivity contribution in [2.24, 2.45) is 0 Å². The number of pyridine rings is 1. The van der Waals surface area contributed by atoms with E-state index in [1.165, 1.54) is 16.7 Å². The largest absolute Gasteiger partial charge is 0.495 e. The van der Waals surface area contributed by atoms with Crippen LogP contribution in [0.4, 0.5) is 0 Å². The maximum Gasteiger partial charge on any atom is 0.139 e. The number of rotatable bonds is 3. The van der Waals surface area contributed by atoms with E-state index in [1.807, 2.05) is 19.1 Å². The van der Waals surface area contributed by atoms with E-state index >= 15 is 0 Å². The molecular formula is C27H25Cl2NO. The van der Waals surface area contributed by atoms with Crippen molar-refractivity contribution in [1.29, 1.82) is 0 Å². The molecule has 0 N–H and O–H groups in total. The van der Waals surface area contributed by atoms with Crippen molar-refractivity contribution in [3.63, 3.8) is 0 Å². The SMILES string of the molecule is COc1cc2nc(C)c(-c3ccc(-c4ccc(C(C)(C)C)cc4)cc3)c(Cl)c2cc1Cl. The smallest absolute Gasteiger partial charge is 0.139 e. The maximum atomic E-state index is 6.83. The molecule has 31 heavy (non-hydrogen) atoms. The fourth-order valence-corrected chi connectivity index (χ4v) is 4.46. The van der Waals surface area contributed by atoms with Crippen LogP contribution in [0.3, 0.4) is 0 Å². The first-order chi connectivity index (χ1) is 14.7. The van der Waals surface area contributed by atoms with Crippen LogP contribution in [0.25, 0.3) is 33.2 Å². The lowest BCUT2D eigenvalue weighted by atomic mass is 9.86. The minimum Gasteiger partial charge on any atom is -0.495 e. The van der Waals surface area contributed by atoms with E-state index in [4.69, 9.17) is 32.9 Å². The molecule has 1 heterocycles. The number of hydrogen-bond donors (Lipinski definition) is 0. The molecule has 1 aromatic heterocycles. The summed E-state index contributed by atoms with van der Waals surface area (Å²) >= 11 is 13.2. The van der Waals surface area contributed by atoms with Gasteiger partial charge < -0.3 is 4.74 Å². The third kappa shape index (κ3) is 4.15. The summed E-state index contributed by atoms with van der Waals surface area (Å²) in [5, 5.41) is 1.98. The first kappa shape index (κ1) is 21.7. The first-order valence-electron chi connectivity index (χ1n) is 10.2.